The second-order valence-corrected chi connectivity index (χ2v) is 10.3. The molecule has 1 saturated heterocycles. The summed E-state index contributed by atoms with van der Waals surface area (Å²) in [7, 11) is -3.82. The Morgan fingerprint density at radius 3 is 2.15 bits per heavy atom. The number of rotatable bonds is 6. The molecule has 3 aromatic rings. The lowest BCUT2D eigenvalue weighted by atomic mass is 10.0. The van der Waals surface area contributed by atoms with Gasteiger partial charge in [0.25, 0.3) is 5.91 Å². The fourth-order valence-electron chi connectivity index (χ4n) is 3.74. The molecule has 2 aromatic heterocycles. The molecule has 1 aromatic carbocycles. The van der Waals surface area contributed by atoms with Crippen molar-refractivity contribution in [2.45, 2.75) is 30.2 Å². The smallest absolute Gasteiger partial charge is 0.379 e. The molecule has 0 spiro atoms. The first-order valence-electron chi connectivity index (χ1n) is 11.2. The third kappa shape index (κ3) is 6.20. The molecule has 1 fully saturated rings. The van der Waals surface area contributed by atoms with Crippen molar-refractivity contribution in [3.63, 3.8) is 0 Å². The van der Waals surface area contributed by atoms with Crippen LogP contribution in [-0.4, -0.2) is 64.7 Å². The van der Waals surface area contributed by atoms with Gasteiger partial charge in [-0.25, -0.2) is 18.4 Å². The molecule has 1 aliphatic rings. The molecular weight excluding hydrogens is 558 g/mol. The van der Waals surface area contributed by atoms with Gasteiger partial charge in [0.05, 0.1) is 30.4 Å². The van der Waals surface area contributed by atoms with E-state index in [9.17, 15) is 39.6 Å². The van der Waals surface area contributed by atoms with Crippen molar-refractivity contribution in [3.05, 3.63) is 65.4 Å². The van der Waals surface area contributed by atoms with Crippen LogP contribution < -0.4 is 5.32 Å². The molecule has 1 aliphatic heterocycles. The zero-order valence-corrected chi connectivity index (χ0v) is 20.8. The van der Waals surface area contributed by atoms with Crippen LogP contribution in [0.1, 0.15) is 40.3 Å². The maximum Gasteiger partial charge on any atom is 0.416 e. The molecule has 10 nitrogen and oxygen atoms in total. The normalized spacial score (nSPS) is 16.2. The van der Waals surface area contributed by atoms with Crippen LogP contribution in [0.15, 0.2) is 47.8 Å². The number of morpholine rings is 1. The minimum atomic E-state index is -5.12. The molecule has 0 unspecified atom stereocenters. The Hall–Kier alpha value is -3.57. The van der Waals surface area contributed by atoms with Gasteiger partial charge in [0.1, 0.15) is 11.2 Å². The van der Waals surface area contributed by atoms with Crippen LogP contribution in [0.25, 0.3) is 5.82 Å². The highest BCUT2D eigenvalue weighted by molar-refractivity contribution is 7.89. The number of amides is 1. The summed E-state index contributed by atoms with van der Waals surface area (Å²) in [6.45, 7) is 2.27. The zero-order chi connectivity index (χ0) is 28.6. The maximum atomic E-state index is 13.2. The first-order chi connectivity index (χ1) is 18.2. The molecule has 0 bridgehead atoms. The summed E-state index contributed by atoms with van der Waals surface area (Å²) in [4.78, 5) is 20.7. The Morgan fingerprint density at radius 2 is 1.62 bits per heavy atom. The quantitative estimate of drug-likeness (QED) is 0.446. The van der Waals surface area contributed by atoms with E-state index in [1.807, 2.05) is 0 Å². The molecule has 17 heteroatoms. The topological polar surface area (TPSA) is 119 Å². The first-order valence-corrected chi connectivity index (χ1v) is 12.7. The van der Waals surface area contributed by atoms with Crippen molar-refractivity contribution >= 4 is 15.9 Å². The van der Waals surface area contributed by atoms with Gasteiger partial charge in [-0.05, 0) is 37.3 Å². The second kappa shape index (κ2) is 10.5. The fraction of sp³-hybridized carbons (Fsp3) is 0.364. The molecule has 4 rings (SSSR count). The summed E-state index contributed by atoms with van der Waals surface area (Å²) < 4.78 is 112. The highest BCUT2D eigenvalue weighted by atomic mass is 32.2. The van der Waals surface area contributed by atoms with E-state index in [1.54, 1.807) is 0 Å². The molecule has 1 N–H and O–H groups in total. The van der Waals surface area contributed by atoms with Crippen LogP contribution in [0.4, 0.5) is 26.3 Å². The van der Waals surface area contributed by atoms with E-state index in [0.717, 1.165) is 17.2 Å². The molecule has 39 heavy (non-hydrogen) atoms. The number of nitrogens with one attached hydrogen (secondary N) is 1. The molecule has 210 valence electrons. The minimum Gasteiger partial charge on any atom is -0.379 e. The maximum absolute atomic E-state index is 13.2. The van der Waals surface area contributed by atoms with E-state index < -0.39 is 51.0 Å². The summed E-state index contributed by atoms with van der Waals surface area (Å²) >= 11 is 0. The Kier molecular flexibility index (Phi) is 7.68. The molecule has 1 amide bonds. The number of halogens is 6. The number of sulfonamides is 1. The monoisotopic (exact) mass is 578 g/mol. The van der Waals surface area contributed by atoms with Gasteiger partial charge in [-0.1, -0.05) is 0 Å². The van der Waals surface area contributed by atoms with Crippen molar-refractivity contribution in [1.82, 2.24) is 29.4 Å². The lowest BCUT2D eigenvalue weighted by Gasteiger charge is -2.25. The number of pyridine rings is 1. The van der Waals surface area contributed by atoms with Gasteiger partial charge in [-0.15, -0.1) is 0 Å². The van der Waals surface area contributed by atoms with Crippen molar-refractivity contribution < 1.29 is 44.3 Å². The third-order valence-corrected chi connectivity index (χ3v) is 7.59. The largest absolute Gasteiger partial charge is 0.416 e. The van der Waals surface area contributed by atoms with Gasteiger partial charge < -0.3 is 10.1 Å². The first kappa shape index (κ1) is 28.4. The van der Waals surface area contributed by atoms with E-state index in [1.165, 1.54) is 23.4 Å². The van der Waals surface area contributed by atoms with Gasteiger partial charge in [0.2, 0.25) is 10.0 Å². The van der Waals surface area contributed by atoms with Gasteiger partial charge in [0.15, 0.2) is 11.6 Å². The predicted octanol–water partition coefficient (Wildman–Crippen LogP) is 3.21. The van der Waals surface area contributed by atoms with E-state index in [2.05, 4.69) is 20.4 Å². The highest BCUT2D eigenvalue weighted by Crippen LogP contribution is 2.36. The van der Waals surface area contributed by atoms with E-state index in [0.29, 0.717) is 12.1 Å². The number of carbonyl (C=O) groups excluding carboxylic acids is 1. The number of alkyl halides is 6. The van der Waals surface area contributed by atoms with E-state index in [4.69, 9.17) is 4.74 Å². The van der Waals surface area contributed by atoms with Gasteiger partial charge in [-0.2, -0.15) is 40.4 Å². The van der Waals surface area contributed by atoms with Crippen molar-refractivity contribution in [2.75, 3.05) is 26.3 Å². The molecule has 1 atom stereocenters. The Labute approximate surface area is 217 Å². The van der Waals surface area contributed by atoms with Gasteiger partial charge in [0, 0.05) is 24.8 Å². The summed E-state index contributed by atoms with van der Waals surface area (Å²) in [6, 6.07) is 2.13. The summed E-state index contributed by atoms with van der Waals surface area (Å²) in [5.74, 6) is -1.08. The SMILES string of the molecule is C[C@H](NC(=O)c1cc(C(F)(F)F)cc(C(F)(F)F)c1)c1ncnn1-c1ccc(S(=O)(=O)N2CCOCC2)cn1. The number of hydrogen-bond donors (Lipinski definition) is 1. The van der Waals surface area contributed by atoms with Crippen LogP contribution in [0, 0.1) is 0 Å². The molecule has 0 saturated carbocycles. The average Bonchev–Trinajstić information content (AvgIpc) is 3.38. The van der Waals surface area contributed by atoms with Crippen LogP contribution in [0.2, 0.25) is 0 Å². The van der Waals surface area contributed by atoms with Gasteiger partial charge >= 0.3 is 12.4 Å². The zero-order valence-electron chi connectivity index (χ0n) is 20.0. The summed E-state index contributed by atoms with van der Waals surface area (Å²) in [6.07, 6.45) is -8.04. The number of aromatic nitrogens is 4. The second-order valence-electron chi connectivity index (χ2n) is 8.39. The molecule has 3 heterocycles. The van der Waals surface area contributed by atoms with Crippen molar-refractivity contribution in [3.8, 4) is 5.82 Å². The average molecular weight is 578 g/mol. The molecule has 0 radical (unpaired) electrons. The van der Waals surface area contributed by atoms with Crippen LogP contribution in [0.3, 0.4) is 0 Å². The number of benzene rings is 1. The van der Waals surface area contributed by atoms with Crippen LogP contribution >= 0.6 is 0 Å². The number of ether oxygens (including phenoxy) is 1. The molecular formula is C22H20F6N6O4S. The number of hydrogen-bond acceptors (Lipinski definition) is 7. The van der Waals surface area contributed by atoms with Crippen LogP contribution in [-0.2, 0) is 27.1 Å². The predicted molar refractivity (Wildman–Crippen MR) is 121 cm³/mol. The van der Waals surface area contributed by atoms with Gasteiger partial charge in [-0.3, -0.25) is 4.79 Å². The lowest BCUT2D eigenvalue weighted by Crippen LogP contribution is -2.40. The Balaban J connectivity index is 1.56. The Bertz CT molecular complexity index is 1420. The van der Waals surface area contributed by atoms with Crippen LogP contribution in [0.5, 0.6) is 0 Å². The fourth-order valence-corrected chi connectivity index (χ4v) is 5.09. The lowest BCUT2D eigenvalue weighted by molar-refractivity contribution is -0.143. The standard InChI is InChI=1S/C22H20F6N6O4S/c1-13(32-20(35)14-8-15(21(23,24)25)10-16(9-14)22(26,27)28)19-30-12-31-34(19)18-3-2-17(11-29-18)39(36,37)33-4-6-38-7-5-33/h2-3,8-13H,4-7H2,1H3,(H,32,35)/t13-/m0/s1. The van der Waals surface area contributed by atoms with Crippen molar-refractivity contribution in [2.24, 2.45) is 0 Å². The Morgan fingerprint density at radius 1 is 1.00 bits per heavy atom. The van der Waals surface area contributed by atoms with E-state index >= 15 is 0 Å². The summed E-state index contributed by atoms with van der Waals surface area (Å²) in [5.41, 5.74) is -4.12. The number of nitrogens with zero attached hydrogens (tertiary/aromatic N) is 5. The summed E-state index contributed by atoms with van der Waals surface area (Å²) in [5, 5.41) is 6.29. The van der Waals surface area contributed by atoms with Crippen molar-refractivity contribution in [1.29, 1.82) is 0 Å². The number of carbonyl (C=O) groups is 1. The molecule has 0 aliphatic carbocycles. The minimum absolute atomic E-state index is 0.0302. The third-order valence-electron chi connectivity index (χ3n) is 5.70. The highest BCUT2D eigenvalue weighted by Gasteiger charge is 2.37. The van der Waals surface area contributed by atoms with E-state index in [-0.39, 0.29) is 48.9 Å².